The highest BCUT2D eigenvalue weighted by Crippen LogP contribution is 2.46. The molecule has 7 nitrogen and oxygen atoms in total. The van der Waals surface area contributed by atoms with Crippen molar-refractivity contribution in [3.63, 3.8) is 0 Å². The Hall–Kier alpha value is -2.16. The average molecular weight is 490 g/mol. The lowest BCUT2D eigenvalue weighted by Crippen LogP contribution is -2.29. The Kier molecular flexibility index (Phi) is 7.80. The zero-order valence-corrected chi connectivity index (χ0v) is 21.2. The van der Waals surface area contributed by atoms with Gasteiger partial charge in [0.15, 0.2) is 0 Å². The fourth-order valence-electron chi connectivity index (χ4n) is 4.71. The molecule has 0 spiro atoms. The summed E-state index contributed by atoms with van der Waals surface area (Å²) in [7, 11) is 3.20. The van der Waals surface area contributed by atoms with Gasteiger partial charge in [-0.3, -0.25) is 4.79 Å². The highest BCUT2D eigenvalue weighted by atomic mass is 32.1. The number of aliphatic carboxylic acids is 1. The van der Waals surface area contributed by atoms with Crippen LogP contribution in [0, 0.1) is 6.92 Å². The van der Waals surface area contributed by atoms with Crippen LogP contribution in [0.15, 0.2) is 12.1 Å². The minimum atomic E-state index is -0.905. The largest absolute Gasteiger partial charge is 0.496 e. The molecule has 8 heteroatoms. The van der Waals surface area contributed by atoms with Crippen molar-refractivity contribution in [3.05, 3.63) is 38.8 Å². The van der Waals surface area contributed by atoms with E-state index in [4.69, 9.17) is 19.2 Å². The second-order valence-corrected chi connectivity index (χ2v) is 10.6. The molecular weight excluding hydrogens is 454 g/mol. The van der Waals surface area contributed by atoms with Gasteiger partial charge in [0.1, 0.15) is 17.6 Å². The van der Waals surface area contributed by atoms with Crippen LogP contribution in [0.25, 0.3) is 0 Å². The predicted molar refractivity (Wildman–Crippen MR) is 130 cm³/mol. The minimum absolute atomic E-state index is 0.106. The van der Waals surface area contributed by atoms with Crippen molar-refractivity contribution in [2.45, 2.75) is 88.9 Å². The molecule has 0 aliphatic heterocycles. The van der Waals surface area contributed by atoms with E-state index >= 15 is 0 Å². The molecule has 0 amide bonds. The van der Waals surface area contributed by atoms with Gasteiger partial charge in [-0.1, -0.05) is 12.8 Å². The van der Waals surface area contributed by atoms with Gasteiger partial charge in [0.05, 0.1) is 43.0 Å². The molecule has 1 heterocycles. The zero-order valence-electron chi connectivity index (χ0n) is 20.4. The molecular formula is C26H35NO6S. The summed E-state index contributed by atoms with van der Waals surface area (Å²) in [5, 5.41) is 21.9. The smallest absolute Gasteiger partial charge is 0.312 e. The highest BCUT2D eigenvalue weighted by Gasteiger charge is 2.35. The molecule has 2 fully saturated rings. The van der Waals surface area contributed by atoms with Crippen molar-refractivity contribution in [2.75, 3.05) is 14.2 Å². The van der Waals surface area contributed by atoms with Crippen LogP contribution in [-0.2, 0) is 16.0 Å². The van der Waals surface area contributed by atoms with Crippen LogP contribution in [0.1, 0.15) is 90.1 Å². The summed E-state index contributed by atoms with van der Waals surface area (Å²) >= 11 is 1.58. The van der Waals surface area contributed by atoms with Crippen molar-refractivity contribution in [2.24, 2.45) is 0 Å². The molecule has 4 rings (SSSR count). The third-order valence-corrected chi connectivity index (χ3v) is 8.22. The molecule has 0 bridgehead atoms. The molecule has 2 saturated carbocycles. The SMILES string of the molecule is COc1cc(C(O)C(Cc2nc(C(C)C(=O)O)c(C3CC3)s2)OC2CCCC2)cc(OC)c1C. The molecule has 2 aliphatic rings. The Morgan fingerprint density at radius 1 is 1.15 bits per heavy atom. The maximum atomic E-state index is 11.7. The Bertz CT molecular complexity index is 986. The van der Waals surface area contributed by atoms with Gasteiger partial charge >= 0.3 is 5.97 Å². The van der Waals surface area contributed by atoms with Crippen LogP contribution in [0.2, 0.25) is 0 Å². The van der Waals surface area contributed by atoms with Gasteiger partial charge in [0.2, 0.25) is 0 Å². The summed E-state index contributed by atoms with van der Waals surface area (Å²) in [5.41, 5.74) is 2.21. The highest BCUT2D eigenvalue weighted by molar-refractivity contribution is 7.11. The van der Waals surface area contributed by atoms with E-state index in [1.54, 1.807) is 32.5 Å². The Balaban J connectivity index is 1.64. The van der Waals surface area contributed by atoms with E-state index in [0.29, 0.717) is 35.1 Å². The van der Waals surface area contributed by atoms with Crippen molar-refractivity contribution in [3.8, 4) is 11.5 Å². The topological polar surface area (TPSA) is 98.1 Å². The number of benzene rings is 1. The summed E-state index contributed by atoms with van der Waals surface area (Å²) in [6.45, 7) is 3.61. The van der Waals surface area contributed by atoms with E-state index in [1.807, 2.05) is 19.1 Å². The van der Waals surface area contributed by atoms with Crippen LogP contribution in [0.5, 0.6) is 11.5 Å². The number of carboxylic acid groups (broad SMARTS) is 1. The Morgan fingerprint density at radius 2 is 1.76 bits per heavy atom. The molecule has 1 aromatic heterocycles. The quantitative estimate of drug-likeness (QED) is 0.451. The van der Waals surface area contributed by atoms with E-state index in [1.165, 1.54) is 0 Å². The minimum Gasteiger partial charge on any atom is -0.496 e. The molecule has 1 aromatic carbocycles. The summed E-state index contributed by atoms with van der Waals surface area (Å²) in [5.74, 6) is 0.196. The molecule has 34 heavy (non-hydrogen) atoms. The first-order chi connectivity index (χ1) is 16.3. The number of thiazole rings is 1. The van der Waals surface area contributed by atoms with E-state index < -0.39 is 24.1 Å². The second-order valence-electron chi connectivity index (χ2n) is 9.47. The van der Waals surface area contributed by atoms with Crippen LogP contribution in [-0.4, -0.2) is 47.6 Å². The first kappa shape index (κ1) is 24.9. The van der Waals surface area contributed by atoms with Crippen molar-refractivity contribution >= 4 is 17.3 Å². The summed E-state index contributed by atoms with van der Waals surface area (Å²) in [4.78, 5) is 17.5. The normalized spacial score (nSPS) is 19.1. The number of aliphatic hydroxyl groups is 1. The van der Waals surface area contributed by atoms with E-state index in [2.05, 4.69) is 0 Å². The van der Waals surface area contributed by atoms with E-state index in [9.17, 15) is 15.0 Å². The maximum absolute atomic E-state index is 11.7. The lowest BCUT2D eigenvalue weighted by atomic mass is 9.99. The first-order valence-corrected chi connectivity index (χ1v) is 12.9. The number of hydrogen-bond acceptors (Lipinski definition) is 7. The number of hydrogen-bond donors (Lipinski definition) is 2. The maximum Gasteiger partial charge on any atom is 0.312 e. The molecule has 186 valence electrons. The summed E-state index contributed by atoms with van der Waals surface area (Å²) in [6, 6.07) is 3.67. The van der Waals surface area contributed by atoms with Crippen molar-refractivity contribution < 1.29 is 29.2 Å². The monoisotopic (exact) mass is 489 g/mol. The number of carbonyl (C=O) groups is 1. The summed E-state index contributed by atoms with van der Waals surface area (Å²) < 4.78 is 17.5. The van der Waals surface area contributed by atoms with Crippen molar-refractivity contribution in [1.29, 1.82) is 0 Å². The number of aliphatic hydroxyl groups excluding tert-OH is 1. The lowest BCUT2D eigenvalue weighted by molar-refractivity contribution is -0.138. The molecule has 0 radical (unpaired) electrons. The standard InChI is InChI=1S/C26H35NO6S/c1-14-19(31-3)11-17(12-20(14)32-4)24(28)21(33-18-7-5-6-8-18)13-22-27-23(15(2)26(29)30)25(34-22)16-9-10-16/h11-12,15-16,18,21,24,28H,5-10,13H2,1-4H3,(H,29,30). The average Bonchev–Trinajstić information content (AvgIpc) is 3.38. The first-order valence-electron chi connectivity index (χ1n) is 12.1. The van der Waals surface area contributed by atoms with Crippen LogP contribution in [0.4, 0.5) is 0 Å². The third-order valence-electron chi connectivity index (χ3n) is 6.97. The van der Waals surface area contributed by atoms with Crippen LogP contribution >= 0.6 is 11.3 Å². The Morgan fingerprint density at radius 3 is 2.29 bits per heavy atom. The number of nitrogens with zero attached hydrogens (tertiary/aromatic N) is 1. The summed E-state index contributed by atoms with van der Waals surface area (Å²) in [6.07, 6.45) is 5.49. The molecule has 3 atom stereocenters. The lowest BCUT2D eigenvalue weighted by Gasteiger charge is -2.27. The molecule has 0 saturated heterocycles. The Labute approximate surface area is 205 Å². The van der Waals surface area contributed by atoms with Gasteiger partial charge in [-0.05, 0) is 63.1 Å². The molecule has 3 unspecified atom stereocenters. The van der Waals surface area contributed by atoms with Gasteiger partial charge in [0.25, 0.3) is 0 Å². The van der Waals surface area contributed by atoms with Gasteiger partial charge < -0.3 is 24.4 Å². The molecule has 2 aromatic rings. The molecule has 2 N–H and O–H groups in total. The number of methoxy groups -OCH3 is 2. The second kappa shape index (κ2) is 10.6. The number of rotatable bonds is 11. The van der Waals surface area contributed by atoms with Gasteiger partial charge in [-0.2, -0.15) is 0 Å². The zero-order chi connectivity index (χ0) is 24.4. The third kappa shape index (κ3) is 5.39. The van der Waals surface area contributed by atoms with E-state index in [-0.39, 0.29) is 6.10 Å². The van der Waals surface area contributed by atoms with Gasteiger partial charge in [-0.15, -0.1) is 11.3 Å². The van der Waals surface area contributed by atoms with Crippen molar-refractivity contribution in [1.82, 2.24) is 4.98 Å². The van der Waals surface area contributed by atoms with Crippen LogP contribution in [0.3, 0.4) is 0 Å². The number of ether oxygens (including phenoxy) is 3. The fourth-order valence-corrected chi connectivity index (χ4v) is 6.09. The number of carboxylic acids is 1. The van der Waals surface area contributed by atoms with Gasteiger partial charge in [-0.25, -0.2) is 4.98 Å². The number of aromatic nitrogens is 1. The van der Waals surface area contributed by atoms with Gasteiger partial charge in [0, 0.05) is 16.9 Å². The molecule has 2 aliphatic carbocycles. The predicted octanol–water partition coefficient (Wildman–Crippen LogP) is 5.14. The van der Waals surface area contributed by atoms with E-state index in [0.717, 1.165) is 54.0 Å². The fraction of sp³-hybridized carbons (Fsp3) is 0.615. The van der Waals surface area contributed by atoms with Crippen LogP contribution < -0.4 is 9.47 Å².